The zero-order chi connectivity index (χ0) is 8.39. The van der Waals surface area contributed by atoms with Crippen LogP contribution in [0.25, 0.3) is 11.3 Å². The molecule has 2 heterocycles. The van der Waals surface area contributed by atoms with Gasteiger partial charge in [0.25, 0.3) is 0 Å². The van der Waals surface area contributed by atoms with E-state index in [0.29, 0.717) is 11.4 Å². The average molecular weight is 161 g/mol. The van der Waals surface area contributed by atoms with Crippen LogP contribution >= 0.6 is 0 Å². The molecule has 0 saturated heterocycles. The van der Waals surface area contributed by atoms with Gasteiger partial charge in [0.2, 0.25) is 0 Å². The summed E-state index contributed by atoms with van der Waals surface area (Å²) in [5.74, 6) is 0.621. The van der Waals surface area contributed by atoms with E-state index in [1.54, 1.807) is 18.5 Å². The van der Waals surface area contributed by atoms with Gasteiger partial charge in [-0.25, -0.2) is 9.97 Å². The van der Waals surface area contributed by atoms with Gasteiger partial charge in [0, 0.05) is 18.5 Å². The van der Waals surface area contributed by atoms with Crippen LogP contribution in [0.15, 0.2) is 35.5 Å². The maximum absolute atomic E-state index is 5.62. The van der Waals surface area contributed by atoms with Crippen LogP contribution in [0.5, 0.6) is 0 Å². The highest BCUT2D eigenvalue weighted by Gasteiger charge is 2.04. The summed E-state index contributed by atoms with van der Waals surface area (Å²) < 4.78 is 5.15. The zero-order valence-electron chi connectivity index (χ0n) is 6.27. The molecule has 2 N–H and O–H groups in total. The highest BCUT2D eigenvalue weighted by atomic mass is 16.3. The molecule has 0 fully saturated rings. The number of nitrogens with two attached hydrogens (primary N) is 1. The van der Waals surface area contributed by atoms with Crippen molar-refractivity contribution in [3.63, 3.8) is 0 Å². The topological polar surface area (TPSA) is 64.9 Å². The summed E-state index contributed by atoms with van der Waals surface area (Å²) in [6, 6.07) is 1.70. The second-order valence-corrected chi connectivity index (χ2v) is 2.33. The van der Waals surface area contributed by atoms with Gasteiger partial charge in [-0.15, -0.1) is 0 Å². The first-order valence-corrected chi connectivity index (χ1v) is 3.46. The van der Waals surface area contributed by atoms with E-state index >= 15 is 0 Å². The lowest BCUT2D eigenvalue weighted by Crippen LogP contribution is -1.86. The van der Waals surface area contributed by atoms with E-state index in [1.807, 2.05) is 0 Å². The number of hydrogen-bond acceptors (Lipinski definition) is 4. The monoisotopic (exact) mass is 161 g/mol. The molecule has 0 spiro atoms. The Kier molecular flexibility index (Phi) is 1.51. The Hall–Kier alpha value is -1.84. The van der Waals surface area contributed by atoms with Gasteiger partial charge in [-0.2, -0.15) is 0 Å². The summed E-state index contributed by atoms with van der Waals surface area (Å²) in [6.45, 7) is 0. The predicted octanol–water partition coefficient (Wildman–Crippen LogP) is 1.32. The normalized spacial score (nSPS) is 10.0. The van der Waals surface area contributed by atoms with Crippen molar-refractivity contribution in [2.75, 3.05) is 5.73 Å². The lowest BCUT2D eigenvalue weighted by Gasteiger charge is -1.94. The van der Waals surface area contributed by atoms with Crippen molar-refractivity contribution in [2.24, 2.45) is 0 Å². The van der Waals surface area contributed by atoms with E-state index in [-0.39, 0.29) is 0 Å². The van der Waals surface area contributed by atoms with Crippen molar-refractivity contribution < 1.29 is 4.42 Å². The number of anilines is 1. The lowest BCUT2D eigenvalue weighted by atomic mass is 10.2. The fourth-order valence-electron chi connectivity index (χ4n) is 0.970. The molecule has 0 radical (unpaired) electrons. The molecule has 0 unspecified atom stereocenters. The van der Waals surface area contributed by atoms with E-state index in [0.717, 1.165) is 5.56 Å². The Morgan fingerprint density at radius 3 is 2.58 bits per heavy atom. The number of rotatable bonds is 1. The third-order valence-electron chi connectivity index (χ3n) is 1.52. The first-order chi connectivity index (χ1) is 5.88. The van der Waals surface area contributed by atoms with E-state index in [2.05, 4.69) is 9.97 Å². The minimum atomic E-state index is 0.602. The van der Waals surface area contributed by atoms with Crippen molar-refractivity contribution in [1.29, 1.82) is 0 Å². The van der Waals surface area contributed by atoms with Gasteiger partial charge in [-0.1, -0.05) is 0 Å². The van der Waals surface area contributed by atoms with Gasteiger partial charge in [0.1, 0.15) is 6.33 Å². The maximum atomic E-state index is 5.62. The molecule has 0 aromatic carbocycles. The van der Waals surface area contributed by atoms with Gasteiger partial charge in [-0.3, -0.25) is 0 Å². The first-order valence-electron chi connectivity index (χ1n) is 3.46. The Balaban J connectivity index is 2.51. The highest BCUT2D eigenvalue weighted by Crippen LogP contribution is 2.24. The van der Waals surface area contributed by atoms with Crippen molar-refractivity contribution in [3.05, 3.63) is 31.1 Å². The minimum Gasteiger partial charge on any atom is -0.462 e. The van der Waals surface area contributed by atoms with E-state index < -0.39 is 0 Å². The molecule has 0 atom stereocenters. The summed E-state index contributed by atoms with van der Waals surface area (Å²) in [7, 11) is 0. The lowest BCUT2D eigenvalue weighted by molar-refractivity contribution is 0.582. The second kappa shape index (κ2) is 2.65. The minimum absolute atomic E-state index is 0.602. The van der Waals surface area contributed by atoms with Crippen molar-refractivity contribution in [1.82, 2.24) is 9.97 Å². The number of nitrogen functional groups attached to an aromatic ring is 1. The third-order valence-corrected chi connectivity index (χ3v) is 1.52. The predicted molar refractivity (Wildman–Crippen MR) is 44.1 cm³/mol. The van der Waals surface area contributed by atoms with Crippen molar-refractivity contribution >= 4 is 5.69 Å². The van der Waals surface area contributed by atoms with Crippen molar-refractivity contribution in [2.45, 2.75) is 0 Å². The Morgan fingerprint density at radius 1 is 1.25 bits per heavy atom. The van der Waals surface area contributed by atoms with Crippen LogP contribution in [-0.4, -0.2) is 9.97 Å². The Bertz CT molecular complexity index is 369. The maximum Gasteiger partial charge on any atom is 0.159 e. The molecular weight excluding hydrogens is 154 g/mol. The first kappa shape index (κ1) is 6.84. The molecule has 0 aliphatic heterocycles. The van der Waals surface area contributed by atoms with Gasteiger partial charge >= 0.3 is 0 Å². The Labute approximate surface area is 69.1 Å². The molecule has 0 saturated carbocycles. The van der Waals surface area contributed by atoms with E-state index in [9.17, 15) is 0 Å². The van der Waals surface area contributed by atoms with Crippen molar-refractivity contribution in [3.8, 4) is 11.3 Å². The fourth-order valence-corrected chi connectivity index (χ4v) is 0.970. The van der Waals surface area contributed by atoms with Crippen LogP contribution in [0.4, 0.5) is 5.69 Å². The quantitative estimate of drug-likeness (QED) is 0.685. The molecule has 60 valence electrons. The van der Waals surface area contributed by atoms with E-state index in [4.69, 9.17) is 10.2 Å². The smallest absolute Gasteiger partial charge is 0.159 e. The van der Waals surface area contributed by atoms with E-state index in [1.165, 1.54) is 12.6 Å². The van der Waals surface area contributed by atoms with Crippen LogP contribution in [0.2, 0.25) is 0 Å². The van der Waals surface area contributed by atoms with Gasteiger partial charge in [-0.05, 0) is 0 Å². The number of aromatic nitrogens is 2. The summed E-state index contributed by atoms with van der Waals surface area (Å²) in [5.41, 5.74) is 7.02. The number of nitrogens with zero attached hydrogens (tertiary/aromatic N) is 2. The molecular formula is C8H7N3O. The summed E-state index contributed by atoms with van der Waals surface area (Å²) in [5, 5.41) is 0. The highest BCUT2D eigenvalue weighted by molar-refractivity contribution is 5.69. The number of furan rings is 1. The van der Waals surface area contributed by atoms with Crippen LogP contribution in [-0.2, 0) is 0 Å². The molecule has 0 aliphatic rings. The zero-order valence-corrected chi connectivity index (χ0v) is 6.27. The molecule has 12 heavy (non-hydrogen) atoms. The van der Waals surface area contributed by atoms with Gasteiger partial charge in [0.05, 0.1) is 17.5 Å². The summed E-state index contributed by atoms with van der Waals surface area (Å²) >= 11 is 0. The van der Waals surface area contributed by atoms with Gasteiger partial charge < -0.3 is 10.2 Å². The van der Waals surface area contributed by atoms with Crippen LogP contribution in [0, 0.1) is 0 Å². The SMILES string of the molecule is Nc1ccoc1-c1cncnc1. The molecule has 4 heteroatoms. The molecule has 0 bridgehead atoms. The largest absolute Gasteiger partial charge is 0.462 e. The summed E-state index contributed by atoms with van der Waals surface area (Å²) in [6.07, 6.45) is 6.31. The average Bonchev–Trinajstić information content (AvgIpc) is 2.53. The molecule has 0 aliphatic carbocycles. The van der Waals surface area contributed by atoms with Crippen LogP contribution in [0.3, 0.4) is 0 Å². The molecule has 4 nitrogen and oxygen atoms in total. The Morgan fingerprint density at radius 2 is 2.00 bits per heavy atom. The molecule has 2 aromatic rings. The number of hydrogen-bond donors (Lipinski definition) is 1. The molecule has 0 amide bonds. The molecule has 2 rings (SSSR count). The summed E-state index contributed by atoms with van der Waals surface area (Å²) in [4.78, 5) is 7.71. The third kappa shape index (κ3) is 1.03. The van der Waals surface area contributed by atoms with Gasteiger partial charge in [0.15, 0.2) is 5.76 Å². The molecule has 2 aromatic heterocycles. The fraction of sp³-hybridized carbons (Fsp3) is 0. The van der Waals surface area contributed by atoms with Crippen LogP contribution < -0.4 is 5.73 Å². The standard InChI is InChI=1S/C8H7N3O/c9-7-1-2-12-8(7)6-3-10-5-11-4-6/h1-5H,9H2. The van der Waals surface area contributed by atoms with Crippen LogP contribution in [0.1, 0.15) is 0 Å². The second-order valence-electron chi connectivity index (χ2n) is 2.33.